The van der Waals surface area contributed by atoms with E-state index in [1.807, 2.05) is 6.07 Å². The molecule has 4 rings (SSSR count). The van der Waals surface area contributed by atoms with Crippen LogP contribution in [0.2, 0.25) is 0 Å². The summed E-state index contributed by atoms with van der Waals surface area (Å²) in [6.45, 7) is 0. The molecule has 2 N–H and O–H groups in total. The predicted octanol–water partition coefficient (Wildman–Crippen LogP) is 2.25. The molecule has 9 heteroatoms. The summed E-state index contributed by atoms with van der Waals surface area (Å²) in [5.74, 6) is -1.74. The Kier molecular flexibility index (Phi) is 3.18. The average molecular weight is 338 g/mol. The molecule has 0 radical (unpaired) electrons. The van der Waals surface area contributed by atoms with E-state index in [1.165, 1.54) is 24.7 Å². The summed E-state index contributed by atoms with van der Waals surface area (Å²) in [5.41, 5.74) is -0.352. The number of rotatable bonds is 2. The fourth-order valence-corrected chi connectivity index (χ4v) is 2.68. The zero-order valence-corrected chi connectivity index (χ0v) is 12.4. The molecule has 0 amide bonds. The van der Waals surface area contributed by atoms with Gasteiger partial charge in [-0.3, -0.25) is 9.89 Å². The van der Waals surface area contributed by atoms with Gasteiger partial charge in [-0.2, -0.15) is 15.5 Å². The van der Waals surface area contributed by atoms with Crippen molar-refractivity contribution in [3.05, 3.63) is 64.3 Å². The highest BCUT2D eigenvalue weighted by atomic mass is 19.1. The SMILES string of the molecule is N#Cc1c[nH]c(=O)c2c(-c3cn[nH]c3)nn(-c3c(F)cccc3F)c12. The van der Waals surface area contributed by atoms with Crippen LogP contribution in [0.25, 0.3) is 27.8 Å². The van der Waals surface area contributed by atoms with Crippen molar-refractivity contribution in [2.75, 3.05) is 0 Å². The van der Waals surface area contributed by atoms with Gasteiger partial charge in [0.05, 0.1) is 22.7 Å². The molecule has 0 aliphatic heterocycles. The minimum Gasteiger partial charge on any atom is -0.327 e. The third-order valence-electron chi connectivity index (χ3n) is 3.76. The van der Waals surface area contributed by atoms with Crippen LogP contribution >= 0.6 is 0 Å². The van der Waals surface area contributed by atoms with Crippen LogP contribution in [0, 0.1) is 23.0 Å². The number of halogens is 2. The second-order valence-corrected chi connectivity index (χ2v) is 5.18. The average Bonchev–Trinajstić information content (AvgIpc) is 3.24. The summed E-state index contributed by atoms with van der Waals surface area (Å²) in [5, 5.41) is 20.0. The summed E-state index contributed by atoms with van der Waals surface area (Å²) in [6.07, 6.45) is 4.09. The van der Waals surface area contributed by atoms with E-state index in [-0.39, 0.29) is 22.2 Å². The number of aromatic nitrogens is 5. The normalized spacial score (nSPS) is 10.9. The Labute approximate surface area is 138 Å². The number of aromatic amines is 2. The highest BCUT2D eigenvalue weighted by Gasteiger charge is 2.23. The maximum absolute atomic E-state index is 14.3. The number of hydrogen-bond donors (Lipinski definition) is 2. The number of pyridine rings is 1. The van der Waals surface area contributed by atoms with Crippen LogP contribution in [0.3, 0.4) is 0 Å². The number of nitrogens with zero attached hydrogens (tertiary/aromatic N) is 4. The first kappa shape index (κ1) is 14.8. The van der Waals surface area contributed by atoms with E-state index in [2.05, 4.69) is 20.3 Å². The van der Waals surface area contributed by atoms with Crippen molar-refractivity contribution in [1.29, 1.82) is 5.26 Å². The lowest BCUT2D eigenvalue weighted by molar-refractivity contribution is 0.563. The molecule has 0 aliphatic rings. The molecule has 0 aliphatic carbocycles. The molecule has 0 saturated heterocycles. The van der Waals surface area contributed by atoms with Crippen LogP contribution in [0.1, 0.15) is 5.56 Å². The van der Waals surface area contributed by atoms with Crippen molar-refractivity contribution in [3.8, 4) is 23.0 Å². The van der Waals surface area contributed by atoms with Crippen LogP contribution in [-0.2, 0) is 0 Å². The minimum atomic E-state index is -0.868. The monoisotopic (exact) mass is 338 g/mol. The number of para-hydroxylation sites is 1. The van der Waals surface area contributed by atoms with Crippen molar-refractivity contribution in [1.82, 2.24) is 25.0 Å². The molecule has 3 aromatic heterocycles. The van der Waals surface area contributed by atoms with Crippen LogP contribution in [0.4, 0.5) is 8.78 Å². The molecule has 0 bridgehead atoms. The third-order valence-corrected chi connectivity index (χ3v) is 3.76. The van der Waals surface area contributed by atoms with Crippen LogP contribution in [-0.4, -0.2) is 25.0 Å². The quantitative estimate of drug-likeness (QED) is 0.585. The first-order valence-electron chi connectivity index (χ1n) is 7.10. The first-order chi connectivity index (χ1) is 12.1. The van der Waals surface area contributed by atoms with Gasteiger partial charge in [-0.15, -0.1) is 0 Å². The minimum absolute atomic E-state index is 0.0199. The van der Waals surface area contributed by atoms with Crippen molar-refractivity contribution in [3.63, 3.8) is 0 Å². The summed E-state index contributed by atoms with van der Waals surface area (Å²) in [7, 11) is 0. The summed E-state index contributed by atoms with van der Waals surface area (Å²) >= 11 is 0. The molecule has 3 heterocycles. The van der Waals surface area contributed by atoms with Gasteiger partial charge in [0, 0.05) is 18.0 Å². The van der Waals surface area contributed by atoms with Gasteiger partial charge < -0.3 is 4.98 Å². The molecule has 122 valence electrons. The fourth-order valence-electron chi connectivity index (χ4n) is 2.68. The van der Waals surface area contributed by atoms with Crippen LogP contribution in [0.15, 0.2) is 41.6 Å². The third kappa shape index (κ3) is 2.12. The van der Waals surface area contributed by atoms with Gasteiger partial charge >= 0.3 is 0 Å². The Morgan fingerprint density at radius 2 is 1.96 bits per heavy atom. The second-order valence-electron chi connectivity index (χ2n) is 5.18. The standard InChI is InChI=1S/C16H8F2N6O/c17-10-2-1-3-11(18)15(10)24-14-8(4-19)5-20-16(25)12(14)13(23-24)9-6-21-22-7-9/h1-3,5-7H,(H,20,25)(H,21,22). The lowest BCUT2D eigenvalue weighted by Crippen LogP contribution is -2.08. The van der Waals surface area contributed by atoms with Crippen molar-refractivity contribution < 1.29 is 8.78 Å². The predicted molar refractivity (Wildman–Crippen MR) is 83.9 cm³/mol. The van der Waals surface area contributed by atoms with Gasteiger partial charge in [0.2, 0.25) is 0 Å². The van der Waals surface area contributed by atoms with Crippen molar-refractivity contribution in [2.45, 2.75) is 0 Å². The molecule has 0 spiro atoms. The molecule has 7 nitrogen and oxygen atoms in total. The highest BCUT2D eigenvalue weighted by Crippen LogP contribution is 2.30. The second kappa shape index (κ2) is 5.38. The van der Waals surface area contributed by atoms with E-state index < -0.39 is 22.9 Å². The Bertz CT molecular complexity index is 1180. The smallest absolute Gasteiger partial charge is 0.259 e. The lowest BCUT2D eigenvalue weighted by Gasteiger charge is -2.06. The number of hydrogen-bond acceptors (Lipinski definition) is 4. The van der Waals surface area contributed by atoms with E-state index in [9.17, 15) is 18.8 Å². The highest BCUT2D eigenvalue weighted by molar-refractivity contribution is 5.96. The largest absolute Gasteiger partial charge is 0.327 e. The molecule has 4 aromatic rings. The Morgan fingerprint density at radius 3 is 2.60 bits per heavy atom. The van der Waals surface area contributed by atoms with E-state index >= 15 is 0 Å². The van der Waals surface area contributed by atoms with Gasteiger partial charge in [-0.1, -0.05) is 6.07 Å². The zero-order chi connectivity index (χ0) is 17.6. The van der Waals surface area contributed by atoms with E-state index in [1.54, 1.807) is 0 Å². The molecule has 1 aromatic carbocycles. The first-order valence-corrected chi connectivity index (χ1v) is 7.10. The summed E-state index contributed by atoms with van der Waals surface area (Å²) < 4.78 is 29.5. The van der Waals surface area contributed by atoms with Gasteiger partial charge in [0.25, 0.3) is 5.56 Å². The molecular formula is C16H8F2N6O. The van der Waals surface area contributed by atoms with Crippen LogP contribution < -0.4 is 5.56 Å². The van der Waals surface area contributed by atoms with Crippen molar-refractivity contribution in [2.24, 2.45) is 0 Å². The molecule has 0 unspecified atom stereocenters. The zero-order valence-electron chi connectivity index (χ0n) is 12.4. The fraction of sp³-hybridized carbons (Fsp3) is 0. The maximum Gasteiger partial charge on any atom is 0.259 e. The number of fused-ring (bicyclic) bond motifs is 1. The molecular weight excluding hydrogens is 330 g/mol. The number of H-pyrrole nitrogens is 2. The summed E-state index contributed by atoms with van der Waals surface area (Å²) in [4.78, 5) is 14.8. The van der Waals surface area contributed by atoms with Gasteiger partial charge in [-0.05, 0) is 12.1 Å². The topological polar surface area (TPSA) is 103 Å². The Morgan fingerprint density at radius 1 is 1.20 bits per heavy atom. The molecule has 0 saturated carbocycles. The maximum atomic E-state index is 14.3. The Balaban J connectivity index is 2.22. The number of nitriles is 1. The number of nitrogens with one attached hydrogen (secondary N) is 2. The van der Waals surface area contributed by atoms with Gasteiger partial charge in [0.1, 0.15) is 17.5 Å². The van der Waals surface area contributed by atoms with Gasteiger partial charge in [0.15, 0.2) is 11.6 Å². The van der Waals surface area contributed by atoms with E-state index in [0.717, 1.165) is 16.8 Å². The number of benzene rings is 1. The van der Waals surface area contributed by atoms with E-state index in [0.29, 0.717) is 5.56 Å². The lowest BCUT2D eigenvalue weighted by atomic mass is 10.1. The van der Waals surface area contributed by atoms with Gasteiger partial charge in [-0.25, -0.2) is 13.5 Å². The van der Waals surface area contributed by atoms with Crippen molar-refractivity contribution >= 4 is 10.9 Å². The Hall–Kier alpha value is -3.80. The molecule has 0 atom stereocenters. The molecule has 0 fully saturated rings. The van der Waals surface area contributed by atoms with E-state index in [4.69, 9.17) is 0 Å². The van der Waals surface area contributed by atoms with Crippen LogP contribution in [0.5, 0.6) is 0 Å². The molecule has 25 heavy (non-hydrogen) atoms. The summed E-state index contributed by atoms with van der Waals surface area (Å²) in [6, 6.07) is 5.27.